The van der Waals surface area contributed by atoms with E-state index in [0.29, 0.717) is 12.3 Å². The van der Waals surface area contributed by atoms with Gasteiger partial charge in [0.15, 0.2) is 0 Å². The van der Waals surface area contributed by atoms with Gasteiger partial charge < -0.3 is 15.1 Å². The van der Waals surface area contributed by atoms with Crippen molar-refractivity contribution < 1.29 is 14.0 Å². The molecule has 120 valence electrons. The molecule has 1 aromatic heterocycles. The number of halogens is 1. The first kappa shape index (κ1) is 17.0. The van der Waals surface area contributed by atoms with Crippen LogP contribution in [0.1, 0.15) is 16.9 Å². The molecule has 0 saturated heterocycles. The molecule has 0 aliphatic rings. The first-order valence-corrected chi connectivity index (χ1v) is 7.85. The lowest BCUT2D eigenvalue weighted by molar-refractivity contribution is -0.124. The monoisotopic (exact) mass is 376 g/mol. The molecule has 23 heavy (non-hydrogen) atoms. The average Bonchev–Trinajstić information content (AvgIpc) is 3.03. The highest BCUT2D eigenvalue weighted by Crippen LogP contribution is 2.19. The second kappa shape index (κ2) is 8.33. The third-order valence-electron chi connectivity index (χ3n) is 3.03. The highest BCUT2D eigenvalue weighted by atomic mass is 79.9. The lowest BCUT2D eigenvalue weighted by atomic mass is 10.1. The van der Waals surface area contributed by atoms with Crippen LogP contribution in [0.3, 0.4) is 0 Å². The number of amides is 2. The predicted molar refractivity (Wildman–Crippen MR) is 91.5 cm³/mol. The first-order valence-electron chi connectivity index (χ1n) is 7.06. The van der Waals surface area contributed by atoms with Gasteiger partial charge in [0.2, 0.25) is 11.8 Å². The molecule has 1 heterocycles. The summed E-state index contributed by atoms with van der Waals surface area (Å²) in [5, 5.41) is 5.18. The number of hydrogen-bond acceptors (Lipinski definition) is 3. The Hall–Kier alpha value is -2.34. The maximum atomic E-state index is 11.7. The van der Waals surface area contributed by atoms with Gasteiger partial charge in [-0.2, -0.15) is 0 Å². The Bertz CT molecular complexity index is 709. The van der Waals surface area contributed by atoms with E-state index in [-0.39, 0.29) is 18.4 Å². The molecule has 0 bridgehead atoms. The Kier molecular flexibility index (Phi) is 6.17. The second-order valence-electron chi connectivity index (χ2n) is 4.93. The van der Waals surface area contributed by atoms with Crippen LogP contribution in [-0.2, 0) is 16.1 Å². The molecule has 0 fully saturated rings. The summed E-state index contributed by atoms with van der Waals surface area (Å²) in [5.74, 6) is 0.0547. The summed E-state index contributed by atoms with van der Waals surface area (Å²) >= 11 is 3.44. The summed E-state index contributed by atoms with van der Waals surface area (Å²) < 4.78 is 6.01. The highest BCUT2D eigenvalue weighted by Gasteiger charge is 2.04. The summed E-state index contributed by atoms with van der Waals surface area (Å²) in [6.45, 7) is 2.21. The Morgan fingerprint density at radius 3 is 2.78 bits per heavy atom. The number of aryl methyl sites for hydroxylation is 1. The number of hydrogen-bond donors (Lipinski definition) is 2. The summed E-state index contributed by atoms with van der Waals surface area (Å²) in [7, 11) is 0. The molecule has 0 unspecified atom stereocenters. The van der Waals surface area contributed by atoms with Crippen molar-refractivity contribution in [2.75, 3.05) is 6.54 Å². The molecule has 5 nitrogen and oxygen atoms in total. The van der Waals surface area contributed by atoms with Gasteiger partial charge in [0, 0.05) is 10.5 Å². The molecule has 2 N–H and O–H groups in total. The topological polar surface area (TPSA) is 71.3 Å². The first-order chi connectivity index (χ1) is 11.0. The standard InChI is InChI=1S/C17H17BrN2O3/c1-12-4-5-13(15(18)9-12)6-7-16(21)20-11-17(22)19-10-14-3-2-8-23-14/h2-9H,10-11H2,1H3,(H,19,22)(H,20,21)/b7-6+. The highest BCUT2D eigenvalue weighted by molar-refractivity contribution is 9.10. The zero-order valence-corrected chi connectivity index (χ0v) is 14.2. The molecule has 0 saturated carbocycles. The van der Waals surface area contributed by atoms with Gasteiger partial charge in [0.25, 0.3) is 0 Å². The van der Waals surface area contributed by atoms with Gasteiger partial charge in [0.05, 0.1) is 19.4 Å². The van der Waals surface area contributed by atoms with Crippen molar-refractivity contribution >= 4 is 33.8 Å². The maximum Gasteiger partial charge on any atom is 0.244 e. The van der Waals surface area contributed by atoms with Crippen LogP contribution in [0.4, 0.5) is 0 Å². The number of carbonyl (C=O) groups is 2. The van der Waals surface area contributed by atoms with Crippen LogP contribution >= 0.6 is 15.9 Å². The predicted octanol–water partition coefficient (Wildman–Crippen LogP) is 2.80. The molecule has 6 heteroatoms. The van der Waals surface area contributed by atoms with Crippen LogP contribution in [0.25, 0.3) is 6.08 Å². The van der Waals surface area contributed by atoms with E-state index in [1.807, 2.05) is 25.1 Å². The average molecular weight is 377 g/mol. The molecule has 0 aliphatic carbocycles. The van der Waals surface area contributed by atoms with Crippen molar-refractivity contribution in [3.05, 3.63) is 64.0 Å². The molecular weight excluding hydrogens is 360 g/mol. The zero-order valence-electron chi connectivity index (χ0n) is 12.6. The summed E-state index contributed by atoms with van der Waals surface area (Å²) in [4.78, 5) is 23.3. The van der Waals surface area contributed by atoms with Crippen LogP contribution < -0.4 is 10.6 Å². The Labute approximate surface area is 142 Å². The molecule has 1 aromatic carbocycles. The molecule has 0 spiro atoms. The van der Waals surface area contributed by atoms with Crippen molar-refractivity contribution in [1.29, 1.82) is 0 Å². The van der Waals surface area contributed by atoms with Gasteiger partial charge >= 0.3 is 0 Å². The van der Waals surface area contributed by atoms with Gasteiger partial charge in [-0.15, -0.1) is 0 Å². The van der Waals surface area contributed by atoms with Gasteiger partial charge in [-0.1, -0.05) is 28.1 Å². The van der Waals surface area contributed by atoms with Crippen LogP contribution in [0, 0.1) is 6.92 Å². The third-order valence-corrected chi connectivity index (χ3v) is 3.72. The zero-order chi connectivity index (χ0) is 16.7. The Morgan fingerprint density at radius 1 is 1.26 bits per heavy atom. The van der Waals surface area contributed by atoms with Crippen molar-refractivity contribution in [3.8, 4) is 0 Å². The van der Waals surface area contributed by atoms with Crippen molar-refractivity contribution in [3.63, 3.8) is 0 Å². The SMILES string of the molecule is Cc1ccc(/C=C/C(=O)NCC(=O)NCc2ccco2)c(Br)c1. The number of carbonyl (C=O) groups excluding carboxylic acids is 2. The number of nitrogens with one attached hydrogen (secondary N) is 2. The minimum Gasteiger partial charge on any atom is -0.467 e. The van der Waals surface area contributed by atoms with E-state index in [9.17, 15) is 9.59 Å². The molecule has 2 rings (SSSR count). The van der Waals surface area contributed by atoms with Crippen molar-refractivity contribution in [2.24, 2.45) is 0 Å². The van der Waals surface area contributed by atoms with E-state index in [1.54, 1.807) is 18.2 Å². The maximum absolute atomic E-state index is 11.7. The van der Waals surface area contributed by atoms with Crippen LogP contribution in [0.5, 0.6) is 0 Å². The lowest BCUT2D eigenvalue weighted by Crippen LogP contribution is -2.35. The lowest BCUT2D eigenvalue weighted by Gasteiger charge is -2.04. The molecule has 2 aromatic rings. The van der Waals surface area contributed by atoms with Crippen LogP contribution in [0.15, 0.2) is 51.6 Å². The van der Waals surface area contributed by atoms with E-state index < -0.39 is 0 Å². The molecular formula is C17H17BrN2O3. The van der Waals surface area contributed by atoms with Crippen molar-refractivity contribution in [1.82, 2.24) is 10.6 Å². The third kappa shape index (κ3) is 5.75. The summed E-state index contributed by atoms with van der Waals surface area (Å²) in [6.07, 6.45) is 4.63. The van der Waals surface area contributed by atoms with E-state index in [2.05, 4.69) is 26.6 Å². The quantitative estimate of drug-likeness (QED) is 0.761. The van der Waals surface area contributed by atoms with E-state index in [4.69, 9.17) is 4.42 Å². The number of rotatable bonds is 6. The fourth-order valence-electron chi connectivity index (χ4n) is 1.82. The molecule has 2 amide bonds. The van der Waals surface area contributed by atoms with Crippen molar-refractivity contribution in [2.45, 2.75) is 13.5 Å². The van der Waals surface area contributed by atoms with Gasteiger partial charge in [-0.3, -0.25) is 9.59 Å². The Balaban J connectivity index is 1.75. The second-order valence-corrected chi connectivity index (χ2v) is 5.79. The Morgan fingerprint density at radius 2 is 2.09 bits per heavy atom. The largest absolute Gasteiger partial charge is 0.467 e. The van der Waals surface area contributed by atoms with Crippen LogP contribution in [-0.4, -0.2) is 18.4 Å². The molecule has 0 radical (unpaired) electrons. The smallest absolute Gasteiger partial charge is 0.244 e. The molecule has 0 atom stereocenters. The summed E-state index contributed by atoms with van der Waals surface area (Å²) in [5.41, 5.74) is 2.03. The minimum atomic E-state index is -0.328. The summed E-state index contributed by atoms with van der Waals surface area (Å²) in [6, 6.07) is 9.36. The minimum absolute atomic E-state index is 0.0844. The van der Waals surface area contributed by atoms with Gasteiger partial charge in [-0.25, -0.2) is 0 Å². The van der Waals surface area contributed by atoms with Gasteiger partial charge in [-0.05, 0) is 42.3 Å². The number of benzene rings is 1. The fraction of sp³-hybridized carbons (Fsp3) is 0.176. The fourth-order valence-corrected chi connectivity index (χ4v) is 2.45. The van der Waals surface area contributed by atoms with E-state index >= 15 is 0 Å². The normalized spacial score (nSPS) is 10.7. The van der Waals surface area contributed by atoms with Gasteiger partial charge in [0.1, 0.15) is 5.76 Å². The van der Waals surface area contributed by atoms with E-state index in [1.165, 1.54) is 12.3 Å². The van der Waals surface area contributed by atoms with E-state index in [0.717, 1.165) is 15.6 Å². The number of furan rings is 1. The van der Waals surface area contributed by atoms with Crippen LogP contribution in [0.2, 0.25) is 0 Å². The molecule has 0 aliphatic heterocycles.